The number of hydrogen-bond donors (Lipinski definition) is 1. The molecule has 3 rings (SSSR count). The van der Waals surface area contributed by atoms with Gasteiger partial charge in [0, 0.05) is 12.2 Å². The fourth-order valence-corrected chi connectivity index (χ4v) is 3.39. The Labute approximate surface area is 114 Å². The summed E-state index contributed by atoms with van der Waals surface area (Å²) in [5.41, 5.74) is 8.86. The van der Waals surface area contributed by atoms with Gasteiger partial charge in [-0.1, -0.05) is 25.7 Å². The van der Waals surface area contributed by atoms with Crippen LogP contribution < -0.4 is 5.73 Å². The molecule has 102 valence electrons. The number of aryl methyl sites for hydroxylation is 2. The summed E-state index contributed by atoms with van der Waals surface area (Å²) in [6.07, 6.45) is 8.41. The number of anilines is 1. The third-order valence-electron chi connectivity index (χ3n) is 4.43. The monoisotopic (exact) mass is 257 g/mol. The average Bonchev–Trinajstić information content (AvgIpc) is 2.98. The van der Waals surface area contributed by atoms with Crippen LogP contribution in [0.2, 0.25) is 0 Å². The van der Waals surface area contributed by atoms with Crippen LogP contribution in [0.3, 0.4) is 0 Å². The Morgan fingerprint density at radius 2 is 2.11 bits per heavy atom. The smallest absolute Gasteiger partial charge is 0.106 e. The molecule has 0 spiro atoms. The van der Waals surface area contributed by atoms with Gasteiger partial charge in [-0.15, -0.1) is 0 Å². The molecule has 1 aliphatic rings. The zero-order valence-corrected chi connectivity index (χ0v) is 11.7. The lowest BCUT2D eigenvalue weighted by molar-refractivity contribution is 0.459. The molecule has 0 atom stereocenters. The number of imidazole rings is 1. The van der Waals surface area contributed by atoms with Crippen molar-refractivity contribution in [2.75, 3.05) is 5.73 Å². The average molecular weight is 257 g/mol. The van der Waals surface area contributed by atoms with Crippen LogP contribution in [0.1, 0.15) is 44.3 Å². The van der Waals surface area contributed by atoms with Gasteiger partial charge in [0.2, 0.25) is 0 Å². The Bertz CT molecular complexity index is 565. The van der Waals surface area contributed by atoms with Crippen molar-refractivity contribution in [3.05, 3.63) is 24.0 Å². The number of hydrogen-bond acceptors (Lipinski definition) is 2. The number of rotatable bonds is 4. The van der Waals surface area contributed by atoms with E-state index in [0.717, 1.165) is 29.5 Å². The quantitative estimate of drug-likeness (QED) is 0.844. The van der Waals surface area contributed by atoms with Crippen LogP contribution in [0.25, 0.3) is 11.0 Å². The number of aromatic nitrogens is 2. The molecule has 1 aliphatic carbocycles. The summed E-state index contributed by atoms with van der Waals surface area (Å²) in [5.74, 6) is 2.08. The van der Waals surface area contributed by atoms with Gasteiger partial charge in [0.15, 0.2) is 0 Å². The largest absolute Gasteiger partial charge is 0.399 e. The highest BCUT2D eigenvalue weighted by Gasteiger charge is 2.15. The van der Waals surface area contributed by atoms with E-state index < -0.39 is 0 Å². The maximum Gasteiger partial charge on any atom is 0.106 e. The topological polar surface area (TPSA) is 43.8 Å². The molecule has 3 heteroatoms. The fraction of sp³-hybridized carbons (Fsp3) is 0.562. The number of fused-ring (bicyclic) bond motifs is 1. The van der Waals surface area contributed by atoms with E-state index in [1.807, 2.05) is 12.1 Å². The van der Waals surface area contributed by atoms with Crippen molar-refractivity contribution in [3.63, 3.8) is 0 Å². The summed E-state index contributed by atoms with van der Waals surface area (Å²) in [6.45, 7) is 3.18. The Morgan fingerprint density at radius 3 is 2.89 bits per heavy atom. The second-order valence-electron chi connectivity index (χ2n) is 5.85. The summed E-state index contributed by atoms with van der Waals surface area (Å²) in [6, 6.07) is 6.03. The highest BCUT2D eigenvalue weighted by molar-refractivity contribution is 5.79. The van der Waals surface area contributed by atoms with Crippen molar-refractivity contribution in [2.45, 2.75) is 52.0 Å². The van der Waals surface area contributed by atoms with Crippen molar-refractivity contribution in [1.29, 1.82) is 0 Å². The van der Waals surface area contributed by atoms with Crippen molar-refractivity contribution in [2.24, 2.45) is 5.92 Å². The summed E-state index contributed by atoms with van der Waals surface area (Å²) in [7, 11) is 0. The molecule has 1 heterocycles. The molecule has 3 nitrogen and oxygen atoms in total. The Hall–Kier alpha value is -1.51. The van der Waals surface area contributed by atoms with Gasteiger partial charge in [0.1, 0.15) is 5.82 Å². The van der Waals surface area contributed by atoms with Crippen LogP contribution in [0.5, 0.6) is 0 Å². The van der Waals surface area contributed by atoms with Gasteiger partial charge in [0.05, 0.1) is 11.0 Å². The first-order valence-corrected chi connectivity index (χ1v) is 7.46. The minimum atomic E-state index is 0.795. The van der Waals surface area contributed by atoms with Crippen molar-refractivity contribution in [1.82, 2.24) is 9.55 Å². The Balaban J connectivity index is 1.71. The van der Waals surface area contributed by atoms with Crippen LogP contribution in [0.4, 0.5) is 5.69 Å². The predicted molar refractivity (Wildman–Crippen MR) is 80.1 cm³/mol. The second kappa shape index (κ2) is 5.24. The van der Waals surface area contributed by atoms with Gasteiger partial charge in [-0.3, -0.25) is 0 Å². The van der Waals surface area contributed by atoms with E-state index in [4.69, 9.17) is 5.73 Å². The number of nitrogen functional groups attached to an aromatic ring is 1. The lowest BCUT2D eigenvalue weighted by Crippen LogP contribution is -2.03. The predicted octanol–water partition coefficient (Wildman–Crippen LogP) is 3.90. The first-order valence-electron chi connectivity index (χ1n) is 7.46. The van der Waals surface area contributed by atoms with Crippen molar-refractivity contribution in [3.8, 4) is 0 Å². The maximum atomic E-state index is 5.82. The fourth-order valence-electron chi connectivity index (χ4n) is 3.39. The molecule has 19 heavy (non-hydrogen) atoms. The van der Waals surface area contributed by atoms with E-state index in [2.05, 4.69) is 22.5 Å². The molecule has 1 fully saturated rings. The molecule has 2 aromatic rings. The molecule has 1 aromatic heterocycles. The molecule has 0 radical (unpaired) electrons. The first-order chi connectivity index (χ1) is 9.24. The minimum Gasteiger partial charge on any atom is -0.399 e. The zero-order valence-electron chi connectivity index (χ0n) is 11.7. The molecular formula is C16H23N3. The van der Waals surface area contributed by atoms with Crippen LogP contribution in [-0.2, 0) is 6.54 Å². The highest BCUT2D eigenvalue weighted by atomic mass is 15.1. The molecular weight excluding hydrogens is 234 g/mol. The van der Waals surface area contributed by atoms with E-state index >= 15 is 0 Å². The summed E-state index contributed by atoms with van der Waals surface area (Å²) < 4.78 is 2.34. The second-order valence-corrected chi connectivity index (χ2v) is 5.85. The van der Waals surface area contributed by atoms with Crippen LogP contribution in [0, 0.1) is 12.8 Å². The van der Waals surface area contributed by atoms with Crippen LogP contribution in [0.15, 0.2) is 18.2 Å². The summed E-state index contributed by atoms with van der Waals surface area (Å²) in [5, 5.41) is 0. The van der Waals surface area contributed by atoms with E-state index in [1.54, 1.807) is 0 Å². The Kier molecular flexibility index (Phi) is 3.45. The van der Waals surface area contributed by atoms with E-state index in [9.17, 15) is 0 Å². The van der Waals surface area contributed by atoms with E-state index in [1.165, 1.54) is 44.0 Å². The molecule has 0 aliphatic heterocycles. The molecule has 0 bridgehead atoms. The molecule has 0 unspecified atom stereocenters. The molecule has 1 saturated carbocycles. The van der Waals surface area contributed by atoms with E-state index in [-0.39, 0.29) is 0 Å². The molecule has 1 aromatic carbocycles. The minimum absolute atomic E-state index is 0.795. The van der Waals surface area contributed by atoms with Gasteiger partial charge in [-0.25, -0.2) is 4.98 Å². The molecule has 2 N–H and O–H groups in total. The van der Waals surface area contributed by atoms with Gasteiger partial charge >= 0.3 is 0 Å². The maximum absolute atomic E-state index is 5.82. The third-order valence-corrected chi connectivity index (χ3v) is 4.43. The number of nitrogens with two attached hydrogens (primary N) is 1. The summed E-state index contributed by atoms with van der Waals surface area (Å²) >= 11 is 0. The lowest BCUT2D eigenvalue weighted by Gasteiger charge is -2.10. The van der Waals surface area contributed by atoms with E-state index in [0.29, 0.717) is 0 Å². The highest BCUT2D eigenvalue weighted by Crippen LogP contribution is 2.29. The standard InChI is InChI=1S/C16H23N3/c1-12-18-15-11-14(17)8-9-16(15)19(12)10-4-7-13-5-2-3-6-13/h8-9,11,13H,2-7,10,17H2,1H3. The number of nitrogens with zero attached hydrogens (tertiary/aromatic N) is 2. The molecule has 0 amide bonds. The van der Waals surface area contributed by atoms with Crippen LogP contribution in [-0.4, -0.2) is 9.55 Å². The van der Waals surface area contributed by atoms with Gasteiger partial charge in [-0.05, 0) is 43.9 Å². The van der Waals surface area contributed by atoms with Gasteiger partial charge in [0.25, 0.3) is 0 Å². The van der Waals surface area contributed by atoms with Gasteiger partial charge < -0.3 is 10.3 Å². The lowest BCUT2D eigenvalue weighted by atomic mass is 10.0. The van der Waals surface area contributed by atoms with Crippen molar-refractivity contribution >= 4 is 16.7 Å². The molecule has 0 saturated heterocycles. The third kappa shape index (κ3) is 2.60. The van der Waals surface area contributed by atoms with Gasteiger partial charge in [-0.2, -0.15) is 0 Å². The Morgan fingerprint density at radius 1 is 1.32 bits per heavy atom. The SMILES string of the molecule is Cc1nc2cc(N)ccc2n1CCCC1CCCC1. The summed E-state index contributed by atoms with van der Waals surface area (Å²) in [4.78, 5) is 4.61. The van der Waals surface area contributed by atoms with Crippen LogP contribution >= 0.6 is 0 Å². The van der Waals surface area contributed by atoms with Crippen molar-refractivity contribution < 1.29 is 0 Å². The first kappa shape index (κ1) is 12.5. The number of benzene rings is 1. The normalized spacial score (nSPS) is 16.5. The zero-order chi connectivity index (χ0) is 13.2.